The van der Waals surface area contributed by atoms with Crippen molar-refractivity contribution < 1.29 is 9.59 Å². The Morgan fingerprint density at radius 2 is 1.76 bits per heavy atom. The number of carbonyl (C=O) groups is 2. The van der Waals surface area contributed by atoms with E-state index in [9.17, 15) is 9.59 Å². The van der Waals surface area contributed by atoms with E-state index in [2.05, 4.69) is 24.4 Å². The van der Waals surface area contributed by atoms with Crippen LogP contribution in [-0.4, -0.2) is 35.1 Å². The number of amides is 2. The average molecular weight is 433 g/mol. The van der Waals surface area contributed by atoms with Gasteiger partial charge in [0.2, 0.25) is 11.8 Å². The van der Waals surface area contributed by atoms with Crippen molar-refractivity contribution in [3.63, 3.8) is 0 Å². The van der Waals surface area contributed by atoms with Crippen molar-refractivity contribution in [1.29, 1.82) is 0 Å². The van der Waals surface area contributed by atoms with Crippen LogP contribution in [0, 0.1) is 6.92 Å². The minimum atomic E-state index is -0.565. The molecule has 0 spiro atoms. The van der Waals surface area contributed by atoms with Gasteiger partial charge in [0.15, 0.2) is 0 Å². The lowest BCUT2D eigenvalue weighted by Gasteiger charge is -2.29. The quantitative estimate of drug-likeness (QED) is 0.585. The van der Waals surface area contributed by atoms with E-state index in [0.29, 0.717) is 23.9 Å². The van der Waals surface area contributed by atoms with Gasteiger partial charge in [-0.3, -0.25) is 9.59 Å². The first kappa shape index (κ1) is 23.3. The maximum absolute atomic E-state index is 13.0. The van der Waals surface area contributed by atoms with Gasteiger partial charge in [-0.1, -0.05) is 61.0 Å². The highest BCUT2D eigenvalue weighted by Crippen LogP contribution is 2.21. The van der Waals surface area contributed by atoms with Crippen LogP contribution in [0.15, 0.2) is 48.5 Å². The number of carbonyl (C=O) groups excluding carboxylic acids is 2. The molecule has 2 aromatic rings. The maximum atomic E-state index is 13.0. The third-order valence-electron chi connectivity index (χ3n) is 4.76. The van der Waals surface area contributed by atoms with Crippen molar-refractivity contribution in [1.82, 2.24) is 10.2 Å². The molecule has 0 saturated heterocycles. The second-order valence-corrected chi connectivity index (χ2v) is 8.39. The topological polar surface area (TPSA) is 49.4 Å². The largest absolute Gasteiger partial charge is 0.354 e. The van der Waals surface area contributed by atoms with Gasteiger partial charge in [0.05, 0.1) is 5.75 Å². The molecule has 4 nitrogen and oxygen atoms in total. The summed E-state index contributed by atoms with van der Waals surface area (Å²) in [4.78, 5) is 27.2. The van der Waals surface area contributed by atoms with Crippen LogP contribution < -0.4 is 5.32 Å². The first-order valence-corrected chi connectivity index (χ1v) is 11.4. The van der Waals surface area contributed by atoms with E-state index in [0.717, 1.165) is 17.7 Å². The monoisotopic (exact) mass is 432 g/mol. The lowest BCUT2D eigenvalue weighted by molar-refractivity contribution is -0.138. The summed E-state index contributed by atoms with van der Waals surface area (Å²) in [5, 5.41) is 3.48. The zero-order valence-corrected chi connectivity index (χ0v) is 18.9. The second kappa shape index (κ2) is 11.9. The van der Waals surface area contributed by atoms with Gasteiger partial charge < -0.3 is 10.2 Å². The van der Waals surface area contributed by atoms with Crippen LogP contribution in [0.3, 0.4) is 0 Å². The molecule has 6 heteroatoms. The minimum Gasteiger partial charge on any atom is -0.354 e. The van der Waals surface area contributed by atoms with Crippen molar-refractivity contribution in [2.45, 2.75) is 45.5 Å². The first-order chi connectivity index (χ1) is 13.9. The van der Waals surface area contributed by atoms with E-state index in [1.807, 2.05) is 37.3 Å². The highest BCUT2D eigenvalue weighted by Gasteiger charge is 2.26. The van der Waals surface area contributed by atoms with Gasteiger partial charge in [-0.25, -0.2) is 0 Å². The fourth-order valence-electron chi connectivity index (χ4n) is 2.89. The molecule has 0 saturated carbocycles. The fraction of sp³-hybridized carbons (Fsp3) is 0.391. The molecule has 156 valence electrons. The fourth-order valence-corrected chi connectivity index (χ4v) is 4.07. The van der Waals surface area contributed by atoms with Crippen LogP contribution >= 0.6 is 23.4 Å². The lowest BCUT2D eigenvalue weighted by Crippen LogP contribution is -2.48. The van der Waals surface area contributed by atoms with Crippen LogP contribution in [0.1, 0.15) is 37.0 Å². The summed E-state index contributed by atoms with van der Waals surface area (Å²) in [7, 11) is 0. The van der Waals surface area contributed by atoms with Crippen molar-refractivity contribution in [3.8, 4) is 0 Å². The zero-order chi connectivity index (χ0) is 21.2. The van der Waals surface area contributed by atoms with Crippen LogP contribution in [-0.2, 0) is 21.9 Å². The van der Waals surface area contributed by atoms with E-state index >= 15 is 0 Å². The normalized spacial score (nSPS) is 11.7. The van der Waals surface area contributed by atoms with Gasteiger partial charge in [-0.2, -0.15) is 0 Å². The Kier molecular flexibility index (Phi) is 9.55. The molecule has 0 fully saturated rings. The van der Waals surface area contributed by atoms with Gasteiger partial charge in [0.1, 0.15) is 6.04 Å². The molecular formula is C23H29ClN2O2S. The van der Waals surface area contributed by atoms with Gasteiger partial charge >= 0.3 is 0 Å². The molecule has 29 heavy (non-hydrogen) atoms. The SMILES string of the molecule is CCCNC(=O)[C@H](C)N(Cc1ccccc1Cl)C(=O)CSCc1ccccc1C. The van der Waals surface area contributed by atoms with Gasteiger partial charge in [0, 0.05) is 23.9 Å². The van der Waals surface area contributed by atoms with E-state index in [4.69, 9.17) is 11.6 Å². The van der Waals surface area contributed by atoms with Crippen molar-refractivity contribution in [2.75, 3.05) is 12.3 Å². The van der Waals surface area contributed by atoms with Crippen LogP contribution in [0.25, 0.3) is 0 Å². The molecule has 2 rings (SSSR count). The predicted octanol–water partition coefficient (Wildman–Crippen LogP) is 4.83. The third-order valence-corrected chi connectivity index (χ3v) is 6.09. The van der Waals surface area contributed by atoms with Crippen LogP contribution in [0.5, 0.6) is 0 Å². The molecule has 1 N–H and O–H groups in total. The summed E-state index contributed by atoms with van der Waals surface area (Å²) in [5.41, 5.74) is 3.27. The van der Waals surface area contributed by atoms with Crippen LogP contribution in [0.2, 0.25) is 5.02 Å². The third kappa shape index (κ3) is 7.09. The lowest BCUT2D eigenvalue weighted by atomic mass is 10.1. The van der Waals surface area contributed by atoms with E-state index in [1.165, 1.54) is 11.1 Å². The summed E-state index contributed by atoms with van der Waals surface area (Å²) in [6, 6.07) is 15.0. The number of hydrogen-bond donors (Lipinski definition) is 1. The number of rotatable bonds is 10. The Hall–Kier alpha value is -1.98. The molecule has 0 aliphatic carbocycles. The van der Waals surface area contributed by atoms with Gasteiger partial charge in [-0.05, 0) is 43.0 Å². The Bertz CT molecular complexity index is 828. The Morgan fingerprint density at radius 1 is 1.10 bits per heavy atom. The highest BCUT2D eigenvalue weighted by molar-refractivity contribution is 7.99. The number of aryl methyl sites for hydroxylation is 1. The van der Waals surface area contributed by atoms with Crippen molar-refractivity contribution in [2.24, 2.45) is 0 Å². The first-order valence-electron chi connectivity index (χ1n) is 9.86. The van der Waals surface area contributed by atoms with Gasteiger partial charge in [-0.15, -0.1) is 11.8 Å². The minimum absolute atomic E-state index is 0.0670. The molecule has 0 bridgehead atoms. The number of halogens is 1. The molecule has 2 aromatic carbocycles. The predicted molar refractivity (Wildman–Crippen MR) is 122 cm³/mol. The van der Waals surface area contributed by atoms with Gasteiger partial charge in [0.25, 0.3) is 0 Å². The molecule has 0 heterocycles. The molecule has 0 aromatic heterocycles. The zero-order valence-electron chi connectivity index (χ0n) is 17.3. The molecular weight excluding hydrogens is 404 g/mol. The van der Waals surface area contributed by atoms with E-state index < -0.39 is 6.04 Å². The Morgan fingerprint density at radius 3 is 2.41 bits per heavy atom. The number of hydrogen-bond acceptors (Lipinski definition) is 3. The summed E-state index contributed by atoms with van der Waals surface area (Å²) in [6.07, 6.45) is 0.850. The molecule has 1 atom stereocenters. The summed E-state index contributed by atoms with van der Waals surface area (Å²) in [5.74, 6) is 0.859. The van der Waals surface area contributed by atoms with E-state index in [-0.39, 0.29) is 11.8 Å². The molecule has 0 aliphatic rings. The van der Waals surface area contributed by atoms with Crippen molar-refractivity contribution >= 4 is 35.2 Å². The van der Waals surface area contributed by atoms with Crippen LogP contribution in [0.4, 0.5) is 0 Å². The molecule has 0 radical (unpaired) electrons. The number of nitrogens with zero attached hydrogens (tertiary/aromatic N) is 1. The number of nitrogens with one attached hydrogen (secondary N) is 1. The second-order valence-electron chi connectivity index (χ2n) is 7.00. The summed E-state index contributed by atoms with van der Waals surface area (Å²) in [6.45, 7) is 6.75. The highest BCUT2D eigenvalue weighted by atomic mass is 35.5. The number of benzene rings is 2. The average Bonchev–Trinajstić information content (AvgIpc) is 2.72. The summed E-state index contributed by atoms with van der Waals surface area (Å²) >= 11 is 7.86. The smallest absolute Gasteiger partial charge is 0.242 e. The number of thioether (sulfide) groups is 1. The van der Waals surface area contributed by atoms with E-state index in [1.54, 1.807) is 29.7 Å². The molecule has 0 aliphatic heterocycles. The Labute approximate surface area is 183 Å². The molecule has 0 unspecified atom stereocenters. The standard InChI is InChI=1S/C23H29ClN2O2S/c1-4-13-25-23(28)18(3)26(14-19-10-7-8-12-21(19)24)22(27)16-29-15-20-11-6-5-9-17(20)2/h5-12,18H,4,13-16H2,1-3H3,(H,25,28)/t18-/m0/s1. The van der Waals surface area contributed by atoms with Crippen molar-refractivity contribution in [3.05, 3.63) is 70.2 Å². The molecule has 2 amide bonds. The summed E-state index contributed by atoms with van der Waals surface area (Å²) < 4.78 is 0. The Balaban J connectivity index is 2.08. The maximum Gasteiger partial charge on any atom is 0.242 e.